The van der Waals surface area contributed by atoms with Gasteiger partial charge in [-0.3, -0.25) is 0 Å². The number of hydrogen-bond acceptors (Lipinski definition) is 1. The highest BCUT2D eigenvalue weighted by Crippen LogP contribution is 2.73. The zero-order chi connectivity index (χ0) is 22.6. The second-order valence-corrected chi connectivity index (χ2v) is 10.5. The summed E-state index contributed by atoms with van der Waals surface area (Å²) < 4.78 is 7.54. The Bertz CT molecular complexity index is 1170. The number of ether oxygens (including phenoxy) is 1. The van der Waals surface area contributed by atoms with Crippen molar-refractivity contribution in [2.45, 2.75) is 42.3 Å². The minimum absolute atomic E-state index is 0.287. The van der Waals surface area contributed by atoms with Gasteiger partial charge in [-0.2, -0.15) is 0 Å². The van der Waals surface area contributed by atoms with Crippen LogP contribution >= 0.6 is 0 Å². The van der Waals surface area contributed by atoms with Crippen LogP contribution in [0, 0.1) is 11.8 Å². The maximum absolute atomic E-state index is 7.54. The van der Waals surface area contributed by atoms with Crippen molar-refractivity contribution in [3.8, 4) is 0 Å². The molecule has 3 heterocycles. The Hall–Kier alpha value is -3.16. The van der Waals surface area contributed by atoms with Crippen LogP contribution in [0.5, 0.6) is 0 Å². The molecule has 4 aromatic carbocycles. The van der Waals surface area contributed by atoms with E-state index in [4.69, 9.17) is 4.74 Å². The summed E-state index contributed by atoms with van der Waals surface area (Å²) >= 11 is 0. The van der Waals surface area contributed by atoms with E-state index >= 15 is 0 Å². The Balaban J connectivity index is 1.47. The summed E-state index contributed by atoms with van der Waals surface area (Å²) in [6.07, 6.45) is 3.30. The van der Waals surface area contributed by atoms with E-state index in [1.165, 1.54) is 28.7 Å². The van der Waals surface area contributed by atoms with Crippen LogP contribution in [0.4, 0.5) is 0 Å². The predicted octanol–water partition coefficient (Wildman–Crippen LogP) is 7.81. The first-order chi connectivity index (χ1) is 16.8. The molecular weight excluding hydrogens is 412 g/mol. The Labute approximate surface area is 202 Å². The van der Waals surface area contributed by atoms with Gasteiger partial charge >= 0.3 is 0 Å². The molecule has 5 fully saturated rings. The van der Waals surface area contributed by atoms with E-state index in [2.05, 4.69) is 121 Å². The van der Waals surface area contributed by atoms with Gasteiger partial charge in [-0.1, -0.05) is 121 Å². The van der Waals surface area contributed by atoms with Gasteiger partial charge in [-0.15, -0.1) is 0 Å². The Kier molecular flexibility index (Phi) is 4.57. The second kappa shape index (κ2) is 7.68. The van der Waals surface area contributed by atoms with Gasteiger partial charge in [0.05, 0.1) is 11.2 Å². The van der Waals surface area contributed by atoms with Crippen molar-refractivity contribution in [1.82, 2.24) is 0 Å². The molecule has 0 amide bonds. The first-order valence-electron chi connectivity index (χ1n) is 12.7. The number of benzene rings is 4. The molecule has 9 rings (SSSR count). The molecule has 0 spiro atoms. The Morgan fingerprint density at radius 2 is 0.824 bits per heavy atom. The number of rotatable bonds is 4. The lowest BCUT2D eigenvalue weighted by atomic mass is 9.44. The van der Waals surface area contributed by atoms with Gasteiger partial charge in [0.15, 0.2) is 0 Å². The molecule has 3 aliphatic heterocycles. The lowest BCUT2D eigenvalue weighted by molar-refractivity contribution is -0.338. The summed E-state index contributed by atoms with van der Waals surface area (Å²) in [5.41, 5.74) is 5.05. The number of fused-ring (bicyclic) bond motifs is 2. The average Bonchev–Trinajstić information content (AvgIpc) is 2.94. The molecule has 168 valence electrons. The molecule has 6 atom stereocenters. The average molecular weight is 443 g/mol. The topological polar surface area (TPSA) is 9.23 Å². The molecule has 0 N–H and O–H groups in total. The molecule has 2 aliphatic carbocycles. The van der Waals surface area contributed by atoms with Crippen molar-refractivity contribution in [1.29, 1.82) is 0 Å². The third-order valence-electron chi connectivity index (χ3n) is 9.07. The van der Waals surface area contributed by atoms with Crippen molar-refractivity contribution in [2.75, 3.05) is 0 Å². The van der Waals surface area contributed by atoms with Gasteiger partial charge in [-0.05, 0) is 65.2 Å². The molecule has 1 nitrogen and oxygen atoms in total. The van der Waals surface area contributed by atoms with E-state index in [1.807, 2.05) is 0 Å². The normalized spacial score (nSPS) is 33.6. The zero-order valence-corrected chi connectivity index (χ0v) is 19.4. The fourth-order valence-corrected chi connectivity index (χ4v) is 7.76. The SMILES string of the molecule is c1ccc(C2C[C@]3(c4ccccc4)O[C@@]4(c5ccccc5)CC(c5ccccc5)C3CC24)cc1. The lowest BCUT2D eigenvalue weighted by Crippen LogP contribution is -2.67. The highest BCUT2D eigenvalue weighted by molar-refractivity contribution is 5.42. The molecule has 4 unspecified atom stereocenters. The van der Waals surface area contributed by atoms with Crippen molar-refractivity contribution in [3.05, 3.63) is 144 Å². The molecule has 5 aliphatic rings. The van der Waals surface area contributed by atoms with Crippen LogP contribution in [0.1, 0.15) is 53.4 Å². The highest BCUT2D eigenvalue weighted by atomic mass is 16.5. The lowest BCUT2D eigenvalue weighted by Gasteiger charge is -2.70. The summed E-state index contributed by atoms with van der Waals surface area (Å²) in [5, 5.41) is 0. The van der Waals surface area contributed by atoms with E-state index in [0.717, 1.165) is 12.8 Å². The highest BCUT2D eigenvalue weighted by Gasteiger charge is 2.70. The largest absolute Gasteiger partial charge is 0.358 e. The van der Waals surface area contributed by atoms with Crippen molar-refractivity contribution >= 4 is 0 Å². The van der Waals surface area contributed by atoms with Crippen LogP contribution in [0.2, 0.25) is 0 Å². The Morgan fingerprint density at radius 1 is 0.471 bits per heavy atom. The van der Waals surface area contributed by atoms with Crippen molar-refractivity contribution < 1.29 is 4.74 Å². The van der Waals surface area contributed by atoms with Crippen LogP contribution in [0.15, 0.2) is 121 Å². The third kappa shape index (κ3) is 2.83. The molecule has 0 radical (unpaired) electrons. The van der Waals surface area contributed by atoms with Crippen LogP contribution in [0.3, 0.4) is 0 Å². The van der Waals surface area contributed by atoms with Crippen molar-refractivity contribution in [2.24, 2.45) is 11.8 Å². The third-order valence-corrected chi connectivity index (χ3v) is 9.07. The molecule has 2 saturated carbocycles. The van der Waals surface area contributed by atoms with E-state index in [0.29, 0.717) is 23.7 Å². The van der Waals surface area contributed by atoms with Crippen molar-refractivity contribution in [3.63, 3.8) is 0 Å². The fraction of sp³-hybridized carbons (Fsp3) is 0.273. The smallest absolute Gasteiger partial charge is 0.0983 e. The van der Waals surface area contributed by atoms with E-state index in [-0.39, 0.29) is 11.2 Å². The van der Waals surface area contributed by atoms with E-state index < -0.39 is 0 Å². The molecular formula is C33H30O. The maximum atomic E-state index is 7.54. The summed E-state index contributed by atoms with van der Waals surface area (Å²) in [5.74, 6) is 1.94. The summed E-state index contributed by atoms with van der Waals surface area (Å²) in [6.45, 7) is 0. The minimum Gasteiger partial charge on any atom is -0.358 e. The summed E-state index contributed by atoms with van der Waals surface area (Å²) in [4.78, 5) is 0. The molecule has 4 aromatic rings. The van der Waals surface area contributed by atoms with Gasteiger partial charge in [-0.25, -0.2) is 0 Å². The van der Waals surface area contributed by atoms with Crippen LogP contribution < -0.4 is 0 Å². The quantitative estimate of drug-likeness (QED) is 0.313. The first kappa shape index (κ1) is 20.2. The van der Waals surface area contributed by atoms with Crippen LogP contribution in [-0.4, -0.2) is 0 Å². The monoisotopic (exact) mass is 442 g/mol. The summed E-state index contributed by atoms with van der Waals surface area (Å²) in [6, 6.07) is 44.7. The van der Waals surface area contributed by atoms with Gasteiger partial charge in [0.1, 0.15) is 0 Å². The fourth-order valence-electron chi connectivity index (χ4n) is 7.76. The van der Waals surface area contributed by atoms with Gasteiger partial charge in [0.2, 0.25) is 0 Å². The summed E-state index contributed by atoms with van der Waals surface area (Å²) in [7, 11) is 0. The van der Waals surface area contributed by atoms with Crippen LogP contribution in [-0.2, 0) is 15.9 Å². The van der Waals surface area contributed by atoms with Gasteiger partial charge in [0, 0.05) is 0 Å². The van der Waals surface area contributed by atoms with Gasteiger partial charge in [0.25, 0.3) is 0 Å². The zero-order valence-electron chi connectivity index (χ0n) is 19.4. The van der Waals surface area contributed by atoms with Gasteiger partial charge < -0.3 is 4.74 Å². The molecule has 34 heavy (non-hydrogen) atoms. The maximum Gasteiger partial charge on any atom is 0.0983 e. The molecule has 3 saturated heterocycles. The second-order valence-electron chi connectivity index (χ2n) is 10.5. The standard InChI is InChI=1S/C33H30O/c1-5-13-24(14-6-1)28-22-32(26-17-9-3-10-18-26)31-21-30(28)33(34-32,27-19-11-4-12-20-27)23-29(31)25-15-7-2-8-16-25/h1-20,28-31H,21-23H2/t28?,29?,30?,31?,32-,33-/m1/s1. The molecule has 0 aromatic heterocycles. The van der Waals surface area contributed by atoms with Crippen LogP contribution in [0.25, 0.3) is 0 Å². The first-order valence-corrected chi connectivity index (χ1v) is 12.7. The molecule has 4 bridgehead atoms. The van der Waals surface area contributed by atoms with E-state index in [1.54, 1.807) is 0 Å². The minimum atomic E-state index is -0.287. The predicted molar refractivity (Wildman–Crippen MR) is 137 cm³/mol. The van der Waals surface area contributed by atoms with E-state index in [9.17, 15) is 0 Å². The molecule has 1 heteroatoms. The Morgan fingerprint density at radius 3 is 1.21 bits per heavy atom. The number of hydrogen-bond donors (Lipinski definition) is 0.